The second-order valence-corrected chi connectivity index (χ2v) is 4.23. The van der Waals surface area contributed by atoms with E-state index in [1.807, 2.05) is 18.2 Å². The van der Waals surface area contributed by atoms with Crippen molar-refractivity contribution in [1.29, 1.82) is 0 Å². The zero-order chi connectivity index (χ0) is 13.9. The van der Waals surface area contributed by atoms with E-state index in [0.29, 0.717) is 11.2 Å². The fourth-order valence-corrected chi connectivity index (χ4v) is 2.04. The Balaban J connectivity index is 2.05. The summed E-state index contributed by atoms with van der Waals surface area (Å²) in [6.45, 7) is 0. The summed E-state index contributed by atoms with van der Waals surface area (Å²) in [6, 6.07) is 10.6. The Labute approximate surface area is 114 Å². The lowest BCUT2D eigenvalue weighted by molar-refractivity contribution is 0.102. The van der Waals surface area contributed by atoms with Gasteiger partial charge in [0, 0.05) is 12.4 Å². The van der Waals surface area contributed by atoms with Gasteiger partial charge in [-0.25, -0.2) is 4.98 Å². The first kappa shape index (κ1) is 12.1. The molecule has 2 N–H and O–H groups in total. The summed E-state index contributed by atoms with van der Waals surface area (Å²) < 4.78 is 0. The van der Waals surface area contributed by atoms with E-state index in [1.54, 1.807) is 12.1 Å². The van der Waals surface area contributed by atoms with Crippen molar-refractivity contribution >= 4 is 22.5 Å². The molecule has 0 saturated carbocycles. The average molecular weight is 265 g/mol. The van der Waals surface area contributed by atoms with Crippen molar-refractivity contribution in [3.63, 3.8) is 0 Å². The highest BCUT2D eigenvalue weighted by Gasteiger charge is 2.15. The molecule has 0 fully saturated rings. The van der Waals surface area contributed by atoms with Crippen LogP contribution in [0.2, 0.25) is 0 Å². The maximum atomic E-state index is 12.3. The number of nitrogens with zero attached hydrogens (tertiary/aromatic N) is 2. The fraction of sp³-hybridized carbons (Fsp3) is 0. The number of carbonyl (C=O) groups is 1. The maximum Gasteiger partial charge on any atom is 0.261 e. The van der Waals surface area contributed by atoms with Gasteiger partial charge in [0.05, 0.1) is 11.8 Å². The Kier molecular flexibility index (Phi) is 3.01. The first-order valence-electron chi connectivity index (χ1n) is 6.04. The van der Waals surface area contributed by atoms with Gasteiger partial charge in [-0.15, -0.1) is 0 Å². The van der Waals surface area contributed by atoms with Crippen molar-refractivity contribution in [2.45, 2.75) is 0 Å². The first-order chi connectivity index (χ1) is 9.75. The molecule has 0 spiro atoms. The standard InChI is InChI=1S/C15H11N3O2/c19-12-6-5-10-3-1-2-4-11(10)14(12)15(20)18-13-9-16-7-8-17-13/h1-9,19H,(H,17,18,20). The molecule has 3 rings (SSSR count). The van der Waals surface area contributed by atoms with E-state index in [-0.39, 0.29) is 11.3 Å². The average Bonchev–Trinajstić information content (AvgIpc) is 2.48. The largest absolute Gasteiger partial charge is 0.507 e. The van der Waals surface area contributed by atoms with Gasteiger partial charge in [0.2, 0.25) is 0 Å². The molecule has 0 aliphatic carbocycles. The molecular weight excluding hydrogens is 254 g/mol. The normalized spacial score (nSPS) is 10.4. The van der Waals surface area contributed by atoms with E-state index in [0.717, 1.165) is 5.39 Å². The minimum absolute atomic E-state index is 0.0647. The van der Waals surface area contributed by atoms with Crippen molar-refractivity contribution < 1.29 is 9.90 Å². The van der Waals surface area contributed by atoms with Gasteiger partial charge in [-0.3, -0.25) is 9.78 Å². The predicted octanol–water partition coefficient (Wildman–Crippen LogP) is 2.59. The Bertz CT molecular complexity index is 772. The molecule has 0 unspecified atom stereocenters. The molecule has 0 aliphatic heterocycles. The van der Waals surface area contributed by atoms with E-state index in [2.05, 4.69) is 15.3 Å². The third-order valence-corrected chi connectivity index (χ3v) is 2.94. The number of hydrogen-bond acceptors (Lipinski definition) is 4. The topological polar surface area (TPSA) is 75.1 Å². The molecular formula is C15H11N3O2. The van der Waals surface area contributed by atoms with Gasteiger partial charge in [0.15, 0.2) is 5.82 Å². The third-order valence-electron chi connectivity index (χ3n) is 2.94. The van der Waals surface area contributed by atoms with Crippen LogP contribution in [0.15, 0.2) is 55.0 Å². The first-order valence-corrected chi connectivity index (χ1v) is 6.04. The molecule has 1 aromatic heterocycles. The van der Waals surface area contributed by atoms with Crippen LogP contribution in [0.25, 0.3) is 10.8 Å². The molecule has 3 aromatic rings. The highest BCUT2D eigenvalue weighted by atomic mass is 16.3. The second kappa shape index (κ2) is 4.97. The van der Waals surface area contributed by atoms with Gasteiger partial charge in [-0.05, 0) is 16.8 Å². The number of phenolic OH excluding ortho intramolecular Hbond substituents is 1. The molecule has 0 bridgehead atoms. The smallest absolute Gasteiger partial charge is 0.261 e. The highest BCUT2D eigenvalue weighted by molar-refractivity contribution is 6.14. The number of aromatic nitrogens is 2. The van der Waals surface area contributed by atoms with Gasteiger partial charge < -0.3 is 10.4 Å². The third kappa shape index (κ3) is 2.16. The number of benzene rings is 2. The zero-order valence-electron chi connectivity index (χ0n) is 10.4. The lowest BCUT2D eigenvalue weighted by atomic mass is 10.0. The lowest BCUT2D eigenvalue weighted by Crippen LogP contribution is -2.13. The summed E-state index contributed by atoms with van der Waals surface area (Å²) in [5.74, 6) is -0.144. The van der Waals surface area contributed by atoms with Gasteiger partial charge >= 0.3 is 0 Å². The van der Waals surface area contributed by atoms with Gasteiger partial charge in [-0.2, -0.15) is 0 Å². The van der Waals surface area contributed by atoms with Crippen LogP contribution in [0.4, 0.5) is 5.82 Å². The molecule has 2 aromatic carbocycles. The summed E-state index contributed by atoms with van der Waals surface area (Å²) in [7, 11) is 0. The lowest BCUT2D eigenvalue weighted by Gasteiger charge is -2.09. The van der Waals surface area contributed by atoms with Crippen LogP contribution in [-0.2, 0) is 0 Å². The maximum absolute atomic E-state index is 12.3. The van der Waals surface area contributed by atoms with Crippen LogP contribution in [0.5, 0.6) is 5.75 Å². The molecule has 0 atom stereocenters. The molecule has 0 aliphatic rings. The summed E-state index contributed by atoms with van der Waals surface area (Å²) in [6.07, 6.45) is 4.45. The SMILES string of the molecule is O=C(Nc1cnccn1)c1c(O)ccc2ccccc12. The summed E-state index contributed by atoms with van der Waals surface area (Å²) in [5.41, 5.74) is 0.230. The number of aromatic hydroxyl groups is 1. The van der Waals surface area contributed by atoms with E-state index >= 15 is 0 Å². The van der Waals surface area contributed by atoms with E-state index in [1.165, 1.54) is 24.7 Å². The van der Waals surface area contributed by atoms with Gasteiger partial charge in [-0.1, -0.05) is 30.3 Å². The Hall–Kier alpha value is -2.95. The number of anilines is 1. The quantitative estimate of drug-likeness (QED) is 0.746. The zero-order valence-corrected chi connectivity index (χ0v) is 10.4. The number of carbonyl (C=O) groups excluding carboxylic acids is 1. The van der Waals surface area contributed by atoms with Crippen molar-refractivity contribution in [2.75, 3.05) is 5.32 Å². The monoisotopic (exact) mass is 265 g/mol. The Morgan fingerprint density at radius 2 is 1.95 bits per heavy atom. The second-order valence-electron chi connectivity index (χ2n) is 4.23. The Morgan fingerprint density at radius 3 is 2.75 bits per heavy atom. The number of phenols is 1. The summed E-state index contributed by atoms with van der Waals surface area (Å²) in [4.78, 5) is 20.2. The minimum Gasteiger partial charge on any atom is -0.507 e. The molecule has 98 valence electrons. The van der Waals surface area contributed by atoms with Gasteiger partial charge in [0.25, 0.3) is 5.91 Å². The summed E-state index contributed by atoms with van der Waals surface area (Å²) in [5, 5.41) is 14.2. The van der Waals surface area contributed by atoms with Crippen molar-refractivity contribution in [2.24, 2.45) is 0 Å². The summed E-state index contributed by atoms with van der Waals surface area (Å²) >= 11 is 0. The van der Waals surface area contributed by atoms with Crippen molar-refractivity contribution in [3.05, 3.63) is 60.6 Å². The number of amides is 1. The number of nitrogens with one attached hydrogen (secondary N) is 1. The van der Waals surface area contributed by atoms with Crippen molar-refractivity contribution in [1.82, 2.24) is 9.97 Å². The van der Waals surface area contributed by atoms with Crippen LogP contribution in [-0.4, -0.2) is 21.0 Å². The predicted molar refractivity (Wildman–Crippen MR) is 75.6 cm³/mol. The molecule has 0 saturated heterocycles. The number of fused-ring (bicyclic) bond motifs is 1. The molecule has 5 heteroatoms. The van der Waals surface area contributed by atoms with Crippen LogP contribution in [0, 0.1) is 0 Å². The minimum atomic E-state index is -0.417. The number of rotatable bonds is 2. The molecule has 20 heavy (non-hydrogen) atoms. The van der Waals surface area contributed by atoms with E-state index < -0.39 is 5.91 Å². The highest BCUT2D eigenvalue weighted by Crippen LogP contribution is 2.27. The van der Waals surface area contributed by atoms with Crippen LogP contribution in [0.1, 0.15) is 10.4 Å². The van der Waals surface area contributed by atoms with E-state index in [9.17, 15) is 9.90 Å². The van der Waals surface area contributed by atoms with Crippen molar-refractivity contribution in [3.8, 4) is 5.75 Å². The van der Waals surface area contributed by atoms with Crippen LogP contribution < -0.4 is 5.32 Å². The molecule has 1 amide bonds. The van der Waals surface area contributed by atoms with E-state index in [4.69, 9.17) is 0 Å². The Morgan fingerprint density at radius 1 is 1.10 bits per heavy atom. The fourth-order valence-electron chi connectivity index (χ4n) is 2.04. The molecule has 0 radical (unpaired) electrons. The molecule has 1 heterocycles. The molecule has 5 nitrogen and oxygen atoms in total. The number of hydrogen-bond donors (Lipinski definition) is 2. The van der Waals surface area contributed by atoms with Crippen LogP contribution in [0.3, 0.4) is 0 Å². The van der Waals surface area contributed by atoms with Gasteiger partial charge in [0.1, 0.15) is 5.75 Å². The van der Waals surface area contributed by atoms with Crippen LogP contribution >= 0.6 is 0 Å².